The summed E-state index contributed by atoms with van der Waals surface area (Å²) >= 11 is 0. The quantitative estimate of drug-likeness (QED) is 0.351. The van der Waals surface area contributed by atoms with E-state index in [2.05, 4.69) is 30.5 Å². The molecule has 1 aromatic carbocycles. The molecule has 37 heavy (non-hydrogen) atoms. The van der Waals surface area contributed by atoms with E-state index in [0.717, 1.165) is 37.8 Å². The molecule has 0 spiro atoms. The minimum absolute atomic E-state index is 0.146. The number of methoxy groups -OCH3 is 2. The number of aliphatic hydroxyl groups excluding tert-OH is 1. The van der Waals surface area contributed by atoms with Gasteiger partial charge in [-0.25, -0.2) is 23.7 Å². The molecule has 1 aliphatic rings. The normalized spacial score (nSPS) is 13.9. The van der Waals surface area contributed by atoms with Crippen molar-refractivity contribution in [3.8, 4) is 17.2 Å². The fourth-order valence-electron chi connectivity index (χ4n) is 4.03. The second kappa shape index (κ2) is 12.5. The van der Waals surface area contributed by atoms with Crippen LogP contribution in [0.4, 0.5) is 26.2 Å². The van der Waals surface area contributed by atoms with Gasteiger partial charge in [0.1, 0.15) is 12.4 Å². The van der Waals surface area contributed by atoms with Crippen molar-refractivity contribution in [2.24, 2.45) is 0 Å². The van der Waals surface area contributed by atoms with Crippen molar-refractivity contribution < 1.29 is 28.1 Å². The number of nitrogens with zero attached hydrogens (tertiary/aromatic N) is 4. The Morgan fingerprint density at radius 1 is 1.00 bits per heavy atom. The maximum absolute atomic E-state index is 14.5. The first-order valence-corrected chi connectivity index (χ1v) is 11.9. The maximum Gasteiger partial charge on any atom is 0.227 e. The van der Waals surface area contributed by atoms with Crippen LogP contribution in [0.3, 0.4) is 0 Å². The summed E-state index contributed by atoms with van der Waals surface area (Å²) in [4.78, 5) is 15.2. The lowest BCUT2D eigenvalue weighted by Crippen LogP contribution is -2.43. The van der Waals surface area contributed by atoms with Crippen molar-refractivity contribution in [3.05, 3.63) is 54.0 Å². The second-order valence-electron chi connectivity index (χ2n) is 8.39. The number of aromatic nitrogens is 3. The molecule has 12 heteroatoms. The third-order valence-corrected chi connectivity index (χ3v) is 6.04. The van der Waals surface area contributed by atoms with Crippen molar-refractivity contribution >= 4 is 17.5 Å². The SMILES string of the molecule is COc1cc(OC)c(F)c(COc2cnc(Nc3ccc(N4CCC(NCCO)CC4)nc3)nc2)c1F. The van der Waals surface area contributed by atoms with Gasteiger partial charge in [-0.15, -0.1) is 0 Å². The molecule has 0 unspecified atom stereocenters. The highest BCUT2D eigenvalue weighted by Gasteiger charge is 2.21. The fraction of sp³-hybridized carbons (Fsp3) is 0.400. The average Bonchev–Trinajstić information content (AvgIpc) is 2.93. The number of pyridine rings is 1. The highest BCUT2D eigenvalue weighted by Crippen LogP contribution is 2.32. The van der Waals surface area contributed by atoms with Gasteiger partial charge in [0.05, 0.1) is 50.7 Å². The zero-order valence-corrected chi connectivity index (χ0v) is 20.7. The molecule has 0 amide bonds. The Kier molecular flexibility index (Phi) is 8.86. The van der Waals surface area contributed by atoms with E-state index < -0.39 is 18.2 Å². The van der Waals surface area contributed by atoms with Gasteiger partial charge < -0.3 is 34.9 Å². The summed E-state index contributed by atoms with van der Waals surface area (Å²) in [7, 11) is 2.57. The average molecular weight is 517 g/mol. The summed E-state index contributed by atoms with van der Waals surface area (Å²) < 4.78 is 44.4. The molecular formula is C25H30F2N6O4. The molecule has 2 aromatic heterocycles. The van der Waals surface area contributed by atoms with E-state index in [9.17, 15) is 8.78 Å². The Morgan fingerprint density at radius 2 is 1.68 bits per heavy atom. The molecule has 3 aromatic rings. The first-order chi connectivity index (χ1) is 18.0. The van der Waals surface area contributed by atoms with Gasteiger partial charge in [0.15, 0.2) is 28.9 Å². The van der Waals surface area contributed by atoms with Crippen LogP contribution in [-0.4, -0.2) is 66.6 Å². The predicted octanol–water partition coefficient (Wildman–Crippen LogP) is 3.04. The first kappa shape index (κ1) is 26.3. The third-order valence-electron chi connectivity index (χ3n) is 6.04. The molecule has 198 valence electrons. The fourth-order valence-corrected chi connectivity index (χ4v) is 4.03. The van der Waals surface area contributed by atoms with Crippen LogP contribution in [0.15, 0.2) is 36.8 Å². The Morgan fingerprint density at radius 3 is 2.24 bits per heavy atom. The molecule has 1 fully saturated rings. The van der Waals surface area contributed by atoms with Crippen LogP contribution < -0.4 is 29.7 Å². The number of ether oxygens (including phenoxy) is 3. The predicted molar refractivity (Wildman–Crippen MR) is 134 cm³/mol. The molecule has 1 saturated heterocycles. The van der Waals surface area contributed by atoms with Crippen LogP contribution in [0.2, 0.25) is 0 Å². The molecule has 3 N–H and O–H groups in total. The molecule has 0 aliphatic carbocycles. The van der Waals surface area contributed by atoms with Crippen LogP contribution in [0.1, 0.15) is 18.4 Å². The Balaban J connectivity index is 1.32. The Bertz CT molecular complexity index is 1130. The van der Waals surface area contributed by atoms with Gasteiger partial charge in [-0.05, 0) is 25.0 Å². The largest absolute Gasteiger partial charge is 0.494 e. The highest BCUT2D eigenvalue weighted by molar-refractivity contribution is 5.55. The molecule has 0 radical (unpaired) electrons. The van der Waals surface area contributed by atoms with Crippen LogP contribution in [-0.2, 0) is 6.61 Å². The highest BCUT2D eigenvalue weighted by atomic mass is 19.1. The van der Waals surface area contributed by atoms with E-state index in [0.29, 0.717) is 24.2 Å². The Labute approximate surface area is 213 Å². The summed E-state index contributed by atoms with van der Waals surface area (Å²) in [6.07, 6.45) is 6.50. The third kappa shape index (κ3) is 6.52. The van der Waals surface area contributed by atoms with E-state index in [1.807, 2.05) is 12.1 Å². The Hall–Kier alpha value is -3.77. The standard InChI is InChI=1S/C25H30F2N6O4/c1-35-20-11-21(36-2)24(27)19(23(20)26)15-37-18-13-30-25(31-14-18)32-17-3-4-22(29-12-17)33-8-5-16(6-9-33)28-7-10-34/h3-4,11-14,16,28,34H,5-10,15H2,1-2H3,(H,30,31,32). The van der Waals surface area contributed by atoms with Gasteiger partial charge >= 0.3 is 0 Å². The lowest BCUT2D eigenvalue weighted by molar-refractivity contribution is 0.277. The molecule has 3 heterocycles. The number of aliphatic hydroxyl groups is 1. The van der Waals surface area contributed by atoms with Gasteiger partial charge in [-0.3, -0.25) is 0 Å². The molecule has 4 rings (SSSR count). The first-order valence-electron chi connectivity index (χ1n) is 11.9. The molecule has 1 aliphatic heterocycles. The van der Waals surface area contributed by atoms with E-state index in [-0.39, 0.29) is 29.4 Å². The minimum atomic E-state index is -0.862. The van der Waals surface area contributed by atoms with E-state index in [4.69, 9.17) is 19.3 Å². The van der Waals surface area contributed by atoms with Crippen LogP contribution in [0, 0.1) is 11.6 Å². The monoisotopic (exact) mass is 516 g/mol. The number of hydrogen-bond acceptors (Lipinski definition) is 10. The van der Waals surface area contributed by atoms with Crippen molar-refractivity contribution in [2.45, 2.75) is 25.5 Å². The van der Waals surface area contributed by atoms with Crippen molar-refractivity contribution in [1.82, 2.24) is 20.3 Å². The number of halogens is 2. The zero-order valence-electron chi connectivity index (χ0n) is 20.7. The zero-order chi connectivity index (χ0) is 26.2. The number of benzene rings is 1. The minimum Gasteiger partial charge on any atom is -0.494 e. The molecule has 0 saturated carbocycles. The topological polar surface area (TPSA) is 114 Å². The number of nitrogens with one attached hydrogen (secondary N) is 2. The number of hydrogen-bond donors (Lipinski definition) is 3. The lowest BCUT2D eigenvalue weighted by Gasteiger charge is -2.33. The summed E-state index contributed by atoms with van der Waals surface area (Å²) in [5.41, 5.74) is 0.389. The van der Waals surface area contributed by atoms with Gasteiger partial charge in [-0.1, -0.05) is 0 Å². The summed E-state index contributed by atoms with van der Waals surface area (Å²) in [6, 6.07) is 5.39. The van der Waals surface area contributed by atoms with Gasteiger partial charge in [-0.2, -0.15) is 0 Å². The van der Waals surface area contributed by atoms with E-state index >= 15 is 0 Å². The van der Waals surface area contributed by atoms with Crippen LogP contribution in [0.5, 0.6) is 17.2 Å². The summed E-state index contributed by atoms with van der Waals surface area (Å²) in [5, 5.41) is 15.4. The van der Waals surface area contributed by atoms with Gasteiger partial charge in [0.25, 0.3) is 0 Å². The number of anilines is 3. The molecule has 0 bridgehead atoms. The van der Waals surface area contributed by atoms with Crippen molar-refractivity contribution in [2.75, 3.05) is 50.7 Å². The molecule has 10 nitrogen and oxygen atoms in total. The smallest absolute Gasteiger partial charge is 0.227 e. The van der Waals surface area contributed by atoms with Gasteiger partial charge in [0.2, 0.25) is 5.95 Å². The summed E-state index contributed by atoms with van der Waals surface area (Å²) in [5.74, 6) is -0.574. The van der Waals surface area contributed by atoms with E-state index in [1.54, 1.807) is 6.20 Å². The van der Waals surface area contributed by atoms with Gasteiger partial charge in [0, 0.05) is 31.7 Å². The number of piperidine rings is 1. The van der Waals surface area contributed by atoms with Crippen LogP contribution >= 0.6 is 0 Å². The summed E-state index contributed by atoms with van der Waals surface area (Å²) in [6.45, 7) is 2.15. The van der Waals surface area contributed by atoms with Crippen molar-refractivity contribution in [1.29, 1.82) is 0 Å². The van der Waals surface area contributed by atoms with Crippen molar-refractivity contribution in [3.63, 3.8) is 0 Å². The molecule has 0 atom stereocenters. The lowest BCUT2D eigenvalue weighted by atomic mass is 10.1. The maximum atomic E-state index is 14.5. The van der Waals surface area contributed by atoms with Crippen LogP contribution in [0.25, 0.3) is 0 Å². The van der Waals surface area contributed by atoms with E-state index in [1.165, 1.54) is 26.6 Å². The second-order valence-corrected chi connectivity index (χ2v) is 8.39. The molecular weight excluding hydrogens is 486 g/mol. The number of rotatable bonds is 11.